The van der Waals surface area contributed by atoms with Crippen LogP contribution in [0, 0.1) is 18.3 Å². The van der Waals surface area contributed by atoms with Crippen LogP contribution in [0.25, 0.3) is 0 Å². The van der Waals surface area contributed by atoms with Crippen LogP contribution in [0.5, 0.6) is 0 Å². The molecular weight excluding hydrogens is 357 g/mol. The molecular formula is C19H17Cl2N3O. The first kappa shape index (κ1) is 18.9. The van der Waals surface area contributed by atoms with Crippen LogP contribution in [-0.2, 0) is 11.2 Å². The zero-order valence-corrected chi connectivity index (χ0v) is 15.2. The molecule has 1 amide bonds. The van der Waals surface area contributed by atoms with Gasteiger partial charge in [0.05, 0.1) is 10.7 Å². The quantitative estimate of drug-likeness (QED) is 0.445. The Morgan fingerprint density at radius 3 is 2.68 bits per heavy atom. The van der Waals surface area contributed by atoms with Gasteiger partial charge in [-0.1, -0.05) is 47.5 Å². The summed E-state index contributed by atoms with van der Waals surface area (Å²) in [5.41, 5.74) is 2.80. The number of halogens is 2. The number of carbonyl (C=O) groups excluding carboxylic acids is 1. The van der Waals surface area contributed by atoms with Gasteiger partial charge in [0.1, 0.15) is 11.6 Å². The number of nitrogens with one attached hydrogen (secondary N) is 2. The summed E-state index contributed by atoms with van der Waals surface area (Å²) in [4.78, 5) is 12.2. The number of aryl methyl sites for hydroxylation is 1. The van der Waals surface area contributed by atoms with Gasteiger partial charge in [-0.25, -0.2) is 0 Å². The molecule has 0 aromatic heterocycles. The van der Waals surface area contributed by atoms with Gasteiger partial charge in [0.2, 0.25) is 0 Å². The molecule has 0 atom stereocenters. The van der Waals surface area contributed by atoms with Crippen molar-refractivity contribution >= 4 is 34.8 Å². The Morgan fingerprint density at radius 1 is 1.24 bits per heavy atom. The fraction of sp³-hybridized carbons (Fsp3) is 0.158. The van der Waals surface area contributed by atoms with E-state index >= 15 is 0 Å². The SMILES string of the molecule is Cc1ccccc1CCN/C=C(/C#N)C(=O)Nc1ccc(Cl)cc1Cl. The van der Waals surface area contributed by atoms with E-state index in [1.54, 1.807) is 12.1 Å². The molecule has 0 fully saturated rings. The van der Waals surface area contributed by atoms with Crippen molar-refractivity contribution in [3.63, 3.8) is 0 Å². The lowest BCUT2D eigenvalue weighted by Gasteiger charge is -2.08. The smallest absolute Gasteiger partial charge is 0.267 e. The van der Waals surface area contributed by atoms with Crippen LogP contribution in [0.1, 0.15) is 11.1 Å². The fourth-order valence-electron chi connectivity index (χ4n) is 2.20. The lowest BCUT2D eigenvalue weighted by atomic mass is 10.1. The molecule has 0 aliphatic carbocycles. The minimum Gasteiger partial charge on any atom is -0.389 e. The van der Waals surface area contributed by atoms with E-state index in [0.717, 1.165) is 6.42 Å². The van der Waals surface area contributed by atoms with Gasteiger partial charge in [-0.05, 0) is 42.7 Å². The van der Waals surface area contributed by atoms with Gasteiger partial charge in [0.15, 0.2) is 0 Å². The topological polar surface area (TPSA) is 64.9 Å². The predicted octanol–water partition coefficient (Wildman–Crippen LogP) is 4.48. The van der Waals surface area contributed by atoms with E-state index < -0.39 is 5.91 Å². The molecule has 6 heteroatoms. The van der Waals surface area contributed by atoms with Crippen molar-refractivity contribution in [2.75, 3.05) is 11.9 Å². The minimum absolute atomic E-state index is 0.0317. The van der Waals surface area contributed by atoms with E-state index in [1.165, 1.54) is 23.4 Å². The van der Waals surface area contributed by atoms with Crippen LogP contribution in [0.3, 0.4) is 0 Å². The normalized spacial score (nSPS) is 10.9. The number of nitrogens with zero attached hydrogens (tertiary/aromatic N) is 1. The van der Waals surface area contributed by atoms with Crippen molar-refractivity contribution in [3.05, 3.63) is 75.4 Å². The summed E-state index contributed by atoms with van der Waals surface area (Å²) >= 11 is 11.8. The Morgan fingerprint density at radius 2 is 2.00 bits per heavy atom. The van der Waals surface area contributed by atoms with Gasteiger partial charge >= 0.3 is 0 Å². The van der Waals surface area contributed by atoms with Gasteiger partial charge in [0.25, 0.3) is 5.91 Å². The van der Waals surface area contributed by atoms with E-state index in [0.29, 0.717) is 22.3 Å². The molecule has 0 aliphatic heterocycles. The van der Waals surface area contributed by atoms with Crippen LogP contribution in [-0.4, -0.2) is 12.5 Å². The Kier molecular flexibility index (Phi) is 6.88. The summed E-state index contributed by atoms with van der Waals surface area (Å²) in [5, 5.41) is 15.6. The summed E-state index contributed by atoms with van der Waals surface area (Å²) in [6.07, 6.45) is 2.21. The highest BCUT2D eigenvalue weighted by atomic mass is 35.5. The third-order valence-electron chi connectivity index (χ3n) is 3.59. The Bertz CT molecular complexity index is 841. The number of hydrogen-bond donors (Lipinski definition) is 2. The average Bonchev–Trinajstić information content (AvgIpc) is 2.59. The van der Waals surface area contributed by atoms with E-state index in [2.05, 4.69) is 29.7 Å². The molecule has 2 rings (SSSR count). The van der Waals surface area contributed by atoms with Crippen molar-refractivity contribution < 1.29 is 4.79 Å². The molecule has 128 valence electrons. The molecule has 0 saturated heterocycles. The monoisotopic (exact) mass is 373 g/mol. The molecule has 25 heavy (non-hydrogen) atoms. The summed E-state index contributed by atoms with van der Waals surface area (Å²) < 4.78 is 0. The second kappa shape index (κ2) is 9.12. The number of benzene rings is 2. The summed E-state index contributed by atoms with van der Waals surface area (Å²) in [7, 11) is 0. The maximum absolute atomic E-state index is 12.2. The first-order chi connectivity index (χ1) is 12.0. The minimum atomic E-state index is -0.532. The van der Waals surface area contributed by atoms with Crippen LogP contribution >= 0.6 is 23.2 Å². The molecule has 0 bridgehead atoms. The molecule has 4 nitrogen and oxygen atoms in total. The first-order valence-electron chi connectivity index (χ1n) is 7.66. The molecule has 2 N–H and O–H groups in total. The Hall–Kier alpha value is -2.48. The molecule has 0 radical (unpaired) electrons. The molecule has 0 aliphatic rings. The van der Waals surface area contributed by atoms with E-state index in [4.69, 9.17) is 23.2 Å². The zero-order valence-electron chi connectivity index (χ0n) is 13.6. The molecule has 0 spiro atoms. The van der Waals surface area contributed by atoms with Crippen LogP contribution in [0.2, 0.25) is 10.0 Å². The van der Waals surface area contributed by atoms with Gasteiger partial charge in [-0.3, -0.25) is 4.79 Å². The van der Waals surface area contributed by atoms with Crippen molar-refractivity contribution in [3.8, 4) is 6.07 Å². The van der Waals surface area contributed by atoms with E-state index in [9.17, 15) is 10.1 Å². The fourth-order valence-corrected chi connectivity index (χ4v) is 2.66. The Labute approximate surface area is 157 Å². The van der Waals surface area contributed by atoms with E-state index in [1.807, 2.05) is 18.2 Å². The third-order valence-corrected chi connectivity index (χ3v) is 4.14. The first-order valence-corrected chi connectivity index (χ1v) is 8.41. The number of hydrogen-bond acceptors (Lipinski definition) is 3. The maximum atomic E-state index is 12.2. The summed E-state index contributed by atoms with van der Waals surface area (Å²) in [5.74, 6) is -0.532. The largest absolute Gasteiger partial charge is 0.389 e. The number of carbonyl (C=O) groups is 1. The highest BCUT2D eigenvalue weighted by Crippen LogP contribution is 2.25. The average molecular weight is 374 g/mol. The van der Waals surface area contributed by atoms with Crippen LogP contribution in [0.15, 0.2) is 54.2 Å². The highest BCUT2D eigenvalue weighted by Gasteiger charge is 2.11. The number of nitriles is 1. The lowest BCUT2D eigenvalue weighted by Crippen LogP contribution is -2.18. The second-order valence-electron chi connectivity index (χ2n) is 5.38. The van der Waals surface area contributed by atoms with Gasteiger partial charge in [-0.15, -0.1) is 0 Å². The maximum Gasteiger partial charge on any atom is 0.267 e. The van der Waals surface area contributed by atoms with Gasteiger partial charge < -0.3 is 10.6 Å². The molecule has 0 unspecified atom stereocenters. The van der Waals surface area contributed by atoms with Gasteiger partial charge in [0, 0.05) is 17.8 Å². The number of rotatable bonds is 6. The highest BCUT2D eigenvalue weighted by molar-refractivity contribution is 6.36. The standard InChI is InChI=1S/C19H17Cl2N3O/c1-13-4-2-3-5-14(13)8-9-23-12-15(11-22)19(25)24-18-7-6-16(20)10-17(18)21/h2-7,10,12,23H,8-9H2,1H3,(H,24,25)/b15-12-. The summed E-state index contributed by atoms with van der Waals surface area (Å²) in [6, 6.07) is 14.7. The van der Waals surface area contributed by atoms with Gasteiger partial charge in [-0.2, -0.15) is 5.26 Å². The second-order valence-corrected chi connectivity index (χ2v) is 6.22. The van der Waals surface area contributed by atoms with Crippen LogP contribution in [0.4, 0.5) is 5.69 Å². The number of amides is 1. The number of anilines is 1. The Balaban J connectivity index is 1.94. The molecule has 0 heterocycles. The third kappa shape index (κ3) is 5.53. The van der Waals surface area contributed by atoms with Crippen molar-refractivity contribution in [2.45, 2.75) is 13.3 Å². The molecule has 0 saturated carbocycles. The van der Waals surface area contributed by atoms with Crippen molar-refractivity contribution in [1.82, 2.24) is 5.32 Å². The van der Waals surface area contributed by atoms with Crippen molar-refractivity contribution in [2.24, 2.45) is 0 Å². The lowest BCUT2D eigenvalue weighted by molar-refractivity contribution is -0.112. The van der Waals surface area contributed by atoms with Crippen LogP contribution < -0.4 is 10.6 Å². The molecule has 2 aromatic rings. The summed E-state index contributed by atoms with van der Waals surface area (Å²) in [6.45, 7) is 2.67. The van der Waals surface area contributed by atoms with Crippen molar-refractivity contribution in [1.29, 1.82) is 5.26 Å². The predicted molar refractivity (Wildman–Crippen MR) is 102 cm³/mol. The zero-order chi connectivity index (χ0) is 18.2. The van der Waals surface area contributed by atoms with E-state index in [-0.39, 0.29) is 5.57 Å². The molecule has 2 aromatic carbocycles.